The molecule has 0 radical (unpaired) electrons. The Morgan fingerprint density at radius 3 is 1.52 bits per heavy atom. The average molecular weight is 568 g/mol. The Balaban J connectivity index is 4.79. The molecule has 0 bridgehead atoms. The fraction of sp³-hybridized carbons (Fsp3) is 0.943. The van der Waals surface area contributed by atoms with Gasteiger partial charge < -0.3 is 14.4 Å². The molecule has 40 heavy (non-hydrogen) atoms. The summed E-state index contributed by atoms with van der Waals surface area (Å²) in [5.74, 6) is -0.246. The fourth-order valence-electron chi connectivity index (χ4n) is 5.29. The van der Waals surface area contributed by atoms with Gasteiger partial charge in [0.1, 0.15) is 12.7 Å². The highest BCUT2D eigenvalue weighted by atomic mass is 16.6. The van der Waals surface area contributed by atoms with Crippen LogP contribution in [0.15, 0.2) is 0 Å². The van der Waals surface area contributed by atoms with Gasteiger partial charge in [0.05, 0.1) is 5.92 Å². The number of ether oxygens (including phenoxy) is 2. The second-order valence-electron chi connectivity index (χ2n) is 12.4. The van der Waals surface area contributed by atoms with E-state index in [0.717, 1.165) is 64.3 Å². The Morgan fingerprint density at radius 2 is 1.02 bits per heavy atom. The van der Waals surface area contributed by atoms with Gasteiger partial charge in [-0.3, -0.25) is 9.59 Å². The van der Waals surface area contributed by atoms with Crippen LogP contribution in [-0.4, -0.2) is 50.2 Å². The van der Waals surface area contributed by atoms with Gasteiger partial charge in [0.2, 0.25) is 0 Å². The van der Waals surface area contributed by atoms with Crippen molar-refractivity contribution in [2.24, 2.45) is 5.92 Å². The first-order valence-corrected chi connectivity index (χ1v) is 17.4. The lowest BCUT2D eigenvalue weighted by Crippen LogP contribution is -2.28. The molecule has 0 fully saturated rings. The van der Waals surface area contributed by atoms with Gasteiger partial charge in [0.15, 0.2) is 0 Å². The monoisotopic (exact) mass is 568 g/mol. The van der Waals surface area contributed by atoms with Gasteiger partial charge in [-0.05, 0) is 59.2 Å². The van der Waals surface area contributed by atoms with Crippen LogP contribution in [0.1, 0.15) is 175 Å². The predicted octanol–water partition coefficient (Wildman–Crippen LogP) is 10.0. The van der Waals surface area contributed by atoms with Gasteiger partial charge >= 0.3 is 11.9 Å². The highest BCUT2D eigenvalue weighted by Crippen LogP contribution is 2.21. The first kappa shape index (κ1) is 38.9. The lowest BCUT2D eigenvalue weighted by molar-refractivity contribution is -0.162. The van der Waals surface area contributed by atoms with Crippen LogP contribution < -0.4 is 0 Å². The summed E-state index contributed by atoms with van der Waals surface area (Å²) in [6.45, 7) is 7.90. The normalized spacial score (nSPS) is 12.9. The third-order valence-corrected chi connectivity index (χ3v) is 7.97. The highest BCUT2D eigenvalue weighted by Gasteiger charge is 2.22. The molecule has 0 saturated carbocycles. The third-order valence-electron chi connectivity index (χ3n) is 7.97. The quantitative estimate of drug-likeness (QED) is 0.0638. The van der Waals surface area contributed by atoms with Crippen LogP contribution in [-0.2, 0) is 19.1 Å². The molecule has 0 aliphatic heterocycles. The van der Waals surface area contributed by atoms with Crippen molar-refractivity contribution in [2.45, 2.75) is 181 Å². The Kier molecular flexibility index (Phi) is 28.6. The minimum atomic E-state index is -0.319. The van der Waals surface area contributed by atoms with Gasteiger partial charge in [-0.1, -0.05) is 130 Å². The van der Waals surface area contributed by atoms with E-state index in [0.29, 0.717) is 6.42 Å². The number of hydrogen-bond donors (Lipinski definition) is 0. The zero-order chi connectivity index (χ0) is 29.7. The maximum atomic E-state index is 13.2. The van der Waals surface area contributed by atoms with Gasteiger partial charge in [-0.15, -0.1) is 0 Å². The van der Waals surface area contributed by atoms with Crippen molar-refractivity contribution < 1.29 is 19.1 Å². The highest BCUT2D eigenvalue weighted by molar-refractivity contribution is 5.72. The van der Waals surface area contributed by atoms with Crippen molar-refractivity contribution in [3.63, 3.8) is 0 Å². The van der Waals surface area contributed by atoms with E-state index in [1.54, 1.807) is 0 Å². The molecule has 0 rings (SSSR count). The van der Waals surface area contributed by atoms with Crippen LogP contribution >= 0.6 is 0 Å². The summed E-state index contributed by atoms with van der Waals surface area (Å²) < 4.78 is 11.7. The molecule has 0 aliphatic carbocycles. The smallest absolute Gasteiger partial charge is 0.309 e. The molecule has 0 spiro atoms. The fourth-order valence-corrected chi connectivity index (χ4v) is 5.29. The maximum Gasteiger partial charge on any atom is 0.309 e. The SMILES string of the molecule is CCCCCCCCCCC(COC(=O)C(CCCCCC)CCCCCCCC)OC(=O)CCCCN(C)C. The average Bonchev–Trinajstić information content (AvgIpc) is 2.93. The number of unbranched alkanes of at least 4 members (excludes halogenated alkanes) is 16. The summed E-state index contributed by atoms with van der Waals surface area (Å²) in [6, 6.07) is 0. The zero-order valence-electron chi connectivity index (χ0n) is 27.6. The van der Waals surface area contributed by atoms with E-state index in [-0.39, 0.29) is 30.6 Å². The molecule has 238 valence electrons. The molecule has 0 aromatic carbocycles. The van der Waals surface area contributed by atoms with Gasteiger partial charge in [0, 0.05) is 6.42 Å². The molecule has 5 nitrogen and oxygen atoms in total. The molecule has 2 unspecified atom stereocenters. The van der Waals surface area contributed by atoms with Crippen LogP contribution in [0.3, 0.4) is 0 Å². The number of hydrogen-bond acceptors (Lipinski definition) is 5. The van der Waals surface area contributed by atoms with Crippen LogP contribution in [0.5, 0.6) is 0 Å². The first-order valence-electron chi connectivity index (χ1n) is 17.4. The summed E-state index contributed by atoms with van der Waals surface area (Å²) in [5, 5.41) is 0. The number of carbonyl (C=O) groups excluding carboxylic acids is 2. The summed E-state index contributed by atoms with van der Waals surface area (Å²) in [7, 11) is 4.10. The molecule has 5 heteroatoms. The molecule has 0 aliphatic rings. The Labute approximate surface area is 249 Å². The summed E-state index contributed by atoms with van der Waals surface area (Å²) in [6.07, 6.45) is 26.6. The molecule has 0 amide bonds. The topological polar surface area (TPSA) is 55.8 Å². The van der Waals surface area contributed by atoms with Crippen LogP contribution in [0.25, 0.3) is 0 Å². The summed E-state index contributed by atoms with van der Waals surface area (Å²) in [4.78, 5) is 27.9. The zero-order valence-corrected chi connectivity index (χ0v) is 27.6. The number of nitrogens with zero attached hydrogens (tertiary/aromatic N) is 1. The van der Waals surface area contributed by atoms with E-state index >= 15 is 0 Å². The molecular formula is C35H69NO4. The largest absolute Gasteiger partial charge is 0.462 e. The van der Waals surface area contributed by atoms with Crippen molar-refractivity contribution >= 4 is 11.9 Å². The summed E-state index contributed by atoms with van der Waals surface area (Å²) >= 11 is 0. The first-order chi connectivity index (χ1) is 19.4. The number of carbonyl (C=O) groups is 2. The van der Waals surface area contributed by atoms with Gasteiger partial charge in [-0.2, -0.15) is 0 Å². The molecule has 0 aromatic heterocycles. The van der Waals surface area contributed by atoms with Gasteiger partial charge in [-0.25, -0.2) is 0 Å². The second kappa shape index (κ2) is 29.4. The van der Waals surface area contributed by atoms with E-state index in [9.17, 15) is 9.59 Å². The third kappa shape index (κ3) is 25.8. The van der Waals surface area contributed by atoms with Crippen molar-refractivity contribution in [1.29, 1.82) is 0 Å². The van der Waals surface area contributed by atoms with Crippen molar-refractivity contribution in [3.05, 3.63) is 0 Å². The number of esters is 2. The van der Waals surface area contributed by atoms with E-state index < -0.39 is 0 Å². The predicted molar refractivity (Wildman–Crippen MR) is 171 cm³/mol. The van der Waals surface area contributed by atoms with Crippen LogP contribution in [0, 0.1) is 5.92 Å². The van der Waals surface area contributed by atoms with Crippen molar-refractivity contribution in [1.82, 2.24) is 4.90 Å². The van der Waals surface area contributed by atoms with E-state index in [1.165, 1.54) is 89.9 Å². The molecule has 0 aromatic rings. The Morgan fingerprint density at radius 1 is 0.575 bits per heavy atom. The minimum absolute atomic E-state index is 0.0199. The maximum absolute atomic E-state index is 13.2. The second-order valence-corrected chi connectivity index (χ2v) is 12.4. The molecule has 0 saturated heterocycles. The van der Waals surface area contributed by atoms with Gasteiger partial charge in [0.25, 0.3) is 0 Å². The van der Waals surface area contributed by atoms with Crippen molar-refractivity contribution in [2.75, 3.05) is 27.2 Å². The molecular weight excluding hydrogens is 498 g/mol. The minimum Gasteiger partial charge on any atom is -0.462 e. The summed E-state index contributed by atoms with van der Waals surface area (Å²) in [5.41, 5.74) is 0. The lowest BCUT2D eigenvalue weighted by atomic mass is 9.94. The van der Waals surface area contributed by atoms with Crippen molar-refractivity contribution in [3.8, 4) is 0 Å². The van der Waals surface area contributed by atoms with E-state index in [4.69, 9.17) is 9.47 Å². The number of rotatable bonds is 30. The molecule has 0 N–H and O–H groups in total. The lowest BCUT2D eigenvalue weighted by Gasteiger charge is -2.21. The van der Waals surface area contributed by atoms with E-state index in [1.807, 2.05) is 0 Å². The molecule has 2 atom stereocenters. The standard InChI is InChI=1S/C35H69NO4/c1-6-9-12-15-17-18-20-23-28-33(40-34(37)29-24-25-30-36(4)5)31-39-35(38)32(26-21-14-11-8-3)27-22-19-16-13-10-7-2/h32-33H,6-31H2,1-5H3. The van der Waals surface area contributed by atoms with Crippen LogP contribution in [0.2, 0.25) is 0 Å². The van der Waals surface area contributed by atoms with Crippen LogP contribution in [0.4, 0.5) is 0 Å². The van der Waals surface area contributed by atoms with E-state index in [2.05, 4.69) is 39.8 Å². The molecule has 0 heterocycles. The Bertz CT molecular complexity index is 566. The Hall–Kier alpha value is -1.10.